The van der Waals surface area contributed by atoms with Crippen molar-refractivity contribution < 1.29 is 0 Å². The van der Waals surface area contributed by atoms with Crippen molar-refractivity contribution in [3.63, 3.8) is 0 Å². The van der Waals surface area contributed by atoms with Crippen LogP contribution in [0.3, 0.4) is 0 Å². The smallest absolute Gasteiger partial charge is 0.271 e. The van der Waals surface area contributed by atoms with Gasteiger partial charge in [0.2, 0.25) is 0 Å². The highest BCUT2D eigenvalue weighted by molar-refractivity contribution is 5.92. The number of hydrogen-bond acceptors (Lipinski definition) is 3. The molecule has 1 aromatic carbocycles. The van der Waals surface area contributed by atoms with Crippen molar-refractivity contribution in [3.8, 4) is 0 Å². The lowest BCUT2D eigenvalue weighted by atomic mass is 10.2. The van der Waals surface area contributed by atoms with Gasteiger partial charge in [0.1, 0.15) is 0 Å². The number of hydrogen-bond donors (Lipinski definition) is 2. The molecule has 2 aromatic heterocycles. The van der Waals surface area contributed by atoms with Gasteiger partial charge in [0.15, 0.2) is 0 Å². The molecule has 2 heterocycles. The molecule has 0 atom stereocenters. The highest BCUT2D eigenvalue weighted by Gasteiger charge is 2.07. The van der Waals surface area contributed by atoms with Crippen LogP contribution in [0.15, 0.2) is 41.5 Å². The summed E-state index contributed by atoms with van der Waals surface area (Å²) in [6, 6.07) is 7.99. The Kier molecular flexibility index (Phi) is 2.59. The number of aromatic nitrogens is 3. The van der Waals surface area contributed by atoms with E-state index in [1.807, 2.05) is 30.5 Å². The van der Waals surface area contributed by atoms with Crippen molar-refractivity contribution in [2.24, 2.45) is 7.05 Å². The first-order chi connectivity index (χ1) is 9.16. The Balaban J connectivity index is 2.09. The molecular weight excluding hydrogens is 240 g/mol. The first kappa shape index (κ1) is 11.5. The van der Waals surface area contributed by atoms with Crippen molar-refractivity contribution in [3.05, 3.63) is 52.6 Å². The molecule has 0 aliphatic rings. The molecule has 19 heavy (non-hydrogen) atoms. The second-order valence-corrected chi connectivity index (χ2v) is 4.48. The Morgan fingerprint density at radius 3 is 2.95 bits per heavy atom. The van der Waals surface area contributed by atoms with Crippen LogP contribution in [-0.2, 0) is 7.05 Å². The van der Waals surface area contributed by atoms with Gasteiger partial charge in [-0.15, -0.1) is 0 Å². The summed E-state index contributed by atoms with van der Waals surface area (Å²) in [4.78, 5) is 15.0. The topological polar surface area (TPSA) is 62.7 Å². The lowest BCUT2D eigenvalue weighted by molar-refractivity contribution is 0.702. The number of rotatable bonds is 2. The van der Waals surface area contributed by atoms with Crippen LogP contribution in [0.4, 0.5) is 11.4 Å². The maximum atomic E-state index is 11.8. The number of aromatic amines is 1. The van der Waals surface area contributed by atoms with Crippen LogP contribution < -0.4 is 10.9 Å². The van der Waals surface area contributed by atoms with Gasteiger partial charge in [0.25, 0.3) is 5.56 Å². The SMILES string of the molecule is Cc1c(Nc2cccc3cc[nH]c23)cnn(C)c1=O. The molecule has 0 fully saturated rings. The molecule has 2 N–H and O–H groups in total. The van der Waals surface area contributed by atoms with E-state index in [2.05, 4.69) is 15.4 Å². The van der Waals surface area contributed by atoms with E-state index in [0.29, 0.717) is 5.56 Å². The first-order valence-electron chi connectivity index (χ1n) is 6.03. The summed E-state index contributed by atoms with van der Waals surface area (Å²) in [5.74, 6) is 0. The predicted molar refractivity (Wildman–Crippen MR) is 75.8 cm³/mol. The van der Waals surface area contributed by atoms with Crippen molar-refractivity contribution in [1.29, 1.82) is 0 Å². The quantitative estimate of drug-likeness (QED) is 0.737. The second kappa shape index (κ2) is 4.28. The fourth-order valence-corrected chi connectivity index (χ4v) is 2.11. The van der Waals surface area contributed by atoms with E-state index < -0.39 is 0 Å². The van der Waals surface area contributed by atoms with Crippen LogP contribution in [0, 0.1) is 6.92 Å². The standard InChI is InChI=1S/C14H14N4O/c1-9-12(8-16-18(2)14(9)19)17-11-5-3-4-10-6-7-15-13(10)11/h3-8,15,17H,1-2H3. The summed E-state index contributed by atoms with van der Waals surface area (Å²) in [6.07, 6.45) is 3.56. The van der Waals surface area contributed by atoms with Crippen molar-refractivity contribution in [2.75, 3.05) is 5.32 Å². The molecule has 0 spiro atoms. The van der Waals surface area contributed by atoms with Gasteiger partial charge in [-0.3, -0.25) is 4.79 Å². The number of nitrogens with one attached hydrogen (secondary N) is 2. The second-order valence-electron chi connectivity index (χ2n) is 4.48. The summed E-state index contributed by atoms with van der Waals surface area (Å²) < 4.78 is 1.33. The monoisotopic (exact) mass is 254 g/mol. The summed E-state index contributed by atoms with van der Waals surface area (Å²) >= 11 is 0. The lowest BCUT2D eigenvalue weighted by Gasteiger charge is -2.10. The van der Waals surface area contributed by atoms with E-state index >= 15 is 0 Å². The molecule has 0 aliphatic heterocycles. The van der Waals surface area contributed by atoms with E-state index in [1.54, 1.807) is 20.2 Å². The maximum Gasteiger partial charge on any atom is 0.271 e. The van der Waals surface area contributed by atoms with E-state index in [1.165, 1.54) is 4.68 Å². The largest absolute Gasteiger partial charge is 0.359 e. The number of fused-ring (bicyclic) bond motifs is 1. The van der Waals surface area contributed by atoms with E-state index in [0.717, 1.165) is 22.3 Å². The molecule has 0 saturated carbocycles. The van der Waals surface area contributed by atoms with Crippen molar-refractivity contribution in [1.82, 2.24) is 14.8 Å². The third kappa shape index (κ3) is 1.89. The Morgan fingerprint density at radius 2 is 2.11 bits per heavy atom. The van der Waals surface area contributed by atoms with Crippen LogP contribution >= 0.6 is 0 Å². The van der Waals surface area contributed by atoms with Crippen molar-refractivity contribution >= 4 is 22.3 Å². The van der Waals surface area contributed by atoms with Gasteiger partial charge in [-0.05, 0) is 19.1 Å². The normalized spacial score (nSPS) is 10.8. The highest BCUT2D eigenvalue weighted by atomic mass is 16.1. The zero-order chi connectivity index (χ0) is 13.4. The minimum absolute atomic E-state index is 0.0938. The Hall–Kier alpha value is -2.56. The van der Waals surface area contributed by atoms with Gasteiger partial charge in [0.05, 0.1) is 23.1 Å². The van der Waals surface area contributed by atoms with Crippen LogP contribution in [-0.4, -0.2) is 14.8 Å². The van der Waals surface area contributed by atoms with Gasteiger partial charge < -0.3 is 10.3 Å². The molecular formula is C14H14N4O. The summed E-state index contributed by atoms with van der Waals surface area (Å²) in [7, 11) is 1.64. The van der Waals surface area contributed by atoms with Crippen LogP contribution in [0.25, 0.3) is 10.9 Å². The molecule has 0 radical (unpaired) electrons. The van der Waals surface area contributed by atoms with Gasteiger partial charge in [0, 0.05) is 24.2 Å². The van der Waals surface area contributed by atoms with E-state index in [9.17, 15) is 4.79 Å². The minimum Gasteiger partial charge on any atom is -0.359 e. The summed E-state index contributed by atoms with van der Waals surface area (Å²) in [6.45, 7) is 1.79. The highest BCUT2D eigenvalue weighted by Crippen LogP contribution is 2.25. The number of aryl methyl sites for hydroxylation is 1. The van der Waals surface area contributed by atoms with E-state index in [-0.39, 0.29) is 5.56 Å². The third-order valence-electron chi connectivity index (χ3n) is 3.24. The summed E-state index contributed by atoms with van der Waals surface area (Å²) in [5.41, 5.74) is 3.23. The van der Waals surface area contributed by atoms with Crippen LogP contribution in [0.1, 0.15) is 5.56 Å². The number of nitrogens with zero attached hydrogens (tertiary/aromatic N) is 2. The van der Waals surface area contributed by atoms with Crippen LogP contribution in [0.2, 0.25) is 0 Å². The molecule has 0 saturated heterocycles. The average molecular weight is 254 g/mol. The Labute approximate surface area is 109 Å². The van der Waals surface area contributed by atoms with Crippen LogP contribution in [0.5, 0.6) is 0 Å². The average Bonchev–Trinajstić information content (AvgIpc) is 2.89. The van der Waals surface area contributed by atoms with Gasteiger partial charge >= 0.3 is 0 Å². The first-order valence-corrected chi connectivity index (χ1v) is 6.03. The van der Waals surface area contributed by atoms with Gasteiger partial charge in [-0.25, -0.2) is 4.68 Å². The number of anilines is 2. The molecule has 0 unspecified atom stereocenters. The molecule has 5 heteroatoms. The number of benzene rings is 1. The van der Waals surface area contributed by atoms with Crippen molar-refractivity contribution in [2.45, 2.75) is 6.92 Å². The number of H-pyrrole nitrogens is 1. The molecule has 96 valence electrons. The van der Waals surface area contributed by atoms with Gasteiger partial charge in [-0.1, -0.05) is 12.1 Å². The zero-order valence-corrected chi connectivity index (χ0v) is 10.8. The molecule has 5 nitrogen and oxygen atoms in total. The molecule has 0 aliphatic carbocycles. The minimum atomic E-state index is -0.0938. The molecule has 3 rings (SSSR count). The predicted octanol–water partition coefficient (Wildman–Crippen LogP) is 2.31. The third-order valence-corrected chi connectivity index (χ3v) is 3.24. The molecule has 0 amide bonds. The maximum absolute atomic E-state index is 11.8. The Morgan fingerprint density at radius 1 is 1.26 bits per heavy atom. The van der Waals surface area contributed by atoms with E-state index in [4.69, 9.17) is 0 Å². The Bertz CT molecular complexity index is 801. The fraction of sp³-hybridized carbons (Fsp3) is 0.143. The molecule has 3 aromatic rings. The lowest BCUT2D eigenvalue weighted by Crippen LogP contribution is -2.22. The molecule has 0 bridgehead atoms. The zero-order valence-electron chi connectivity index (χ0n) is 10.8. The summed E-state index contributed by atoms with van der Waals surface area (Å²) in [5, 5.41) is 8.42. The number of para-hydroxylation sites is 1. The fourth-order valence-electron chi connectivity index (χ4n) is 2.11. The van der Waals surface area contributed by atoms with Gasteiger partial charge in [-0.2, -0.15) is 5.10 Å².